The fourth-order valence-corrected chi connectivity index (χ4v) is 3.71. The van der Waals surface area contributed by atoms with Gasteiger partial charge in [-0.2, -0.15) is 0 Å². The molecule has 0 spiro atoms. The molecule has 0 aromatic rings. The average molecular weight is 236 g/mol. The van der Waals surface area contributed by atoms with E-state index in [9.17, 15) is 4.79 Å². The van der Waals surface area contributed by atoms with Crippen molar-refractivity contribution in [2.24, 2.45) is 17.8 Å². The lowest BCUT2D eigenvalue weighted by molar-refractivity contribution is -0.122. The lowest BCUT2D eigenvalue weighted by atomic mass is 9.96. The summed E-state index contributed by atoms with van der Waals surface area (Å²) in [6, 6.07) is 0.509. The maximum absolute atomic E-state index is 12.0. The molecule has 2 aliphatic carbocycles. The third-order valence-corrected chi connectivity index (χ3v) is 4.87. The first-order chi connectivity index (χ1) is 8.34. The number of amides is 1. The summed E-state index contributed by atoms with van der Waals surface area (Å²) in [7, 11) is 0. The van der Waals surface area contributed by atoms with Gasteiger partial charge < -0.3 is 10.6 Å². The van der Waals surface area contributed by atoms with Crippen molar-refractivity contribution in [3.63, 3.8) is 0 Å². The molecule has 96 valence electrons. The van der Waals surface area contributed by atoms with Crippen molar-refractivity contribution < 1.29 is 4.79 Å². The zero-order valence-corrected chi connectivity index (χ0v) is 10.6. The maximum Gasteiger partial charge on any atom is 0.220 e. The van der Waals surface area contributed by atoms with Crippen LogP contribution in [0.5, 0.6) is 0 Å². The number of hydrogen-bond donors (Lipinski definition) is 2. The minimum absolute atomic E-state index is 0.316. The Kier molecular flexibility index (Phi) is 3.37. The van der Waals surface area contributed by atoms with E-state index < -0.39 is 0 Å². The number of hydrogen-bond acceptors (Lipinski definition) is 2. The molecule has 1 saturated heterocycles. The zero-order chi connectivity index (χ0) is 11.7. The van der Waals surface area contributed by atoms with Crippen LogP contribution in [0.4, 0.5) is 0 Å². The molecule has 2 N–H and O–H groups in total. The molecule has 3 nitrogen and oxygen atoms in total. The lowest BCUT2D eigenvalue weighted by Gasteiger charge is -2.14. The molecule has 0 aromatic heterocycles. The summed E-state index contributed by atoms with van der Waals surface area (Å²) in [4.78, 5) is 12.0. The van der Waals surface area contributed by atoms with Crippen LogP contribution in [-0.2, 0) is 4.79 Å². The predicted octanol–water partition coefficient (Wildman–Crippen LogP) is 1.68. The minimum Gasteiger partial charge on any atom is -0.353 e. The summed E-state index contributed by atoms with van der Waals surface area (Å²) in [5.74, 6) is 2.46. The molecule has 3 aliphatic rings. The van der Waals surface area contributed by atoms with Gasteiger partial charge in [-0.05, 0) is 30.6 Å². The van der Waals surface area contributed by atoms with Crippen molar-refractivity contribution >= 4 is 5.91 Å². The maximum atomic E-state index is 12.0. The van der Waals surface area contributed by atoms with Gasteiger partial charge in [-0.15, -0.1) is 0 Å². The quantitative estimate of drug-likeness (QED) is 0.732. The summed E-state index contributed by atoms with van der Waals surface area (Å²) in [5, 5.41) is 6.61. The number of carbonyl (C=O) groups is 1. The van der Waals surface area contributed by atoms with Crippen LogP contribution in [0.25, 0.3) is 0 Å². The molecule has 2 atom stereocenters. The molecule has 1 amide bonds. The van der Waals surface area contributed by atoms with Gasteiger partial charge in [0.05, 0.1) is 0 Å². The van der Waals surface area contributed by atoms with E-state index in [4.69, 9.17) is 0 Å². The van der Waals surface area contributed by atoms with Crippen molar-refractivity contribution in [3.05, 3.63) is 0 Å². The van der Waals surface area contributed by atoms with Crippen molar-refractivity contribution in [2.45, 2.75) is 51.0 Å². The van der Waals surface area contributed by atoms with E-state index in [0.29, 0.717) is 17.9 Å². The van der Waals surface area contributed by atoms with Crippen LogP contribution in [0.15, 0.2) is 0 Å². The van der Waals surface area contributed by atoms with Crippen molar-refractivity contribution in [3.8, 4) is 0 Å². The first kappa shape index (κ1) is 11.5. The predicted molar refractivity (Wildman–Crippen MR) is 67.6 cm³/mol. The fraction of sp³-hybridized carbons (Fsp3) is 0.929. The second kappa shape index (κ2) is 4.97. The second-order valence-electron chi connectivity index (χ2n) is 6.14. The second-order valence-corrected chi connectivity index (χ2v) is 6.14. The third kappa shape index (κ3) is 2.65. The van der Waals surface area contributed by atoms with Crippen molar-refractivity contribution in [1.29, 1.82) is 0 Å². The van der Waals surface area contributed by atoms with Crippen LogP contribution < -0.4 is 10.6 Å². The highest BCUT2D eigenvalue weighted by atomic mass is 16.1. The van der Waals surface area contributed by atoms with Gasteiger partial charge in [0, 0.05) is 25.6 Å². The SMILES string of the molecule is O=C(CC1CCCCCC1)NC1C2CNCC21. The lowest BCUT2D eigenvalue weighted by Crippen LogP contribution is -2.33. The molecular formula is C14H24N2O. The number of fused-ring (bicyclic) bond motifs is 1. The largest absolute Gasteiger partial charge is 0.353 e. The Bertz CT molecular complexity index is 274. The van der Waals surface area contributed by atoms with Crippen LogP contribution >= 0.6 is 0 Å². The standard InChI is InChI=1S/C14H24N2O/c17-13(7-10-5-3-1-2-4-6-10)16-14-11-8-15-9-12(11)14/h10-12,14-15H,1-9H2,(H,16,17). The first-order valence-electron chi connectivity index (χ1n) is 7.34. The molecule has 2 unspecified atom stereocenters. The Hall–Kier alpha value is -0.570. The van der Waals surface area contributed by atoms with E-state index in [1.54, 1.807) is 0 Å². The van der Waals surface area contributed by atoms with Gasteiger partial charge in [0.1, 0.15) is 0 Å². The van der Waals surface area contributed by atoms with Gasteiger partial charge in [-0.3, -0.25) is 4.79 Å². The van der Waals surface area contributed by atoms with Crippen LogP contribution in [0.3, 0.4) is 0 Å². The molecular weight excluding hydrogens is 212 g/mol. The van der Waals surface area contributed by atoms with E-state index in [-0.39, 0.29) is 0 Å². The van der Waals surface area contributed by atoms with E-state index >= 15 is 0 Å². The molecule has 2 saturated carbocycles. The van der Waals surface area contributed by atoms with Gasteiger partial charge in [0.2, 0.25) is 5.91 Å². The van der Waals surface area contributed by atoms with Crippen molar-refractivity contribution in [1.82, 2.24) is 10.6 Å². The Morgan fingerprint density at radius 2 is 1.71 bits per heavy atom. The van der Waals surface area contributed by atoms with Gasteiger partial charge in [-0.25, -0.2) is 0 Å². The summed E-state index contributed by atoms with van der Waals surface area (Å²) in [6.45, 7) is 2.22. The molecule has 3 heteroatoms. The molecule has 0 radical (unpaired) electrons. The Morgan fingerprint density at radius 3 is 2.35 bits per heavy atom. The van der Waals surface area contributed by atoms with E-state index in [1.165, 1.54) is 38.5 Å². The topological polar surface area (TPSA) is 41.1 Å². The van der Waals surface area contributed by atoms with Crippen LogP contribution in [0.1, 0.15) is 44.9 Å². The van der Waals surface area contributed by atoms with Crippen LogP contribution in [0, 0.1) is 17.8 Å². The Balaban J connectivity index is 1.40. The fourth-order valence-electron chi connectivity index (χ4n) is 3.71. The van der Waals surface area contributed by atoms with E-state index in [0.717, 1.165) is 31.3 Å². The van der Waals surface area contributed by atoms with Gasteiger partial charge in [0.25, 0.3) is 0 Å². The smallest absolute Gasteiger partial charge is 0.220 e. The number of rotatable bonds is 3. The summed E-state index contributed by atoms with van der Waals surface area (Å²) in [5.41, 5.74) is 0. The number of piperidine rings is 1. The molecule has 1 heterocycles. The Labute approximate surface area is 104 Å². The molecule has 0 bridgehead atoms. The summed E-state index contributed by atoms with van der Waals surface area (Å²) < 4.78 is 0. The average Bonchev–Trinajstić information content (AvgIpc) is 2.82. The highest BCUT2D eigenvalue weighted by Gasteiger charge is 2.53. The van der Waals surface area contributed by atoms with Gasteiger partial charge in [0.15, 0.2) is 0 Å². The monoisotopic (exact) mass is 236 g/mol. The Morgan fingerprint density at radius 1 is 1.06 bits per heavy atom. The van der Waals surface area contributed by atoms with Crippen molar-refractivity contribution in [2.75, 3.05) is 13.1 Å². The van der Waals surface area contributed by atoms with Crippen LogP contribution in [-0.4, -0.2) is 25.0 Å². The molecule has 3 rings (SSSR count). The van der Waals surface area contributed by atoms with E-state index in [1.807, 2.05) is 0 Å². The molecule has 17 heavy (non-hydrogen) atoms. The molecule has 1 aliphatic heterocycles. The van der Waals surface area contributed by atoms with Crippen LogP contribution in [0.2, 0.25) is 0 Å². The highest BCUT2D eigenvalue weighted by molar-refractivity contribution is 5.77. The summed E-state index contributed by atoms with van der Waals surface area (Å²) in [6.07, 6.45) is 8.72. The molecule has 3 fully saturated rings. The number of carbonyl (C=O) groups excluding carboxylic acids is 1. The first-order valence-corrected chi connectivity index (χ1v) is 7.34. The minimum atomic E-state index is 0.316. The number of nitrogens with one attached hydrogen (secondary N) is 2. The van der Waals surface area contributed by atoms with Gasteiger partial charge in [-0.1, -0.05) is 25.7 Å². The zero-order valence-electron chi connectivity index (χ0n) is 10.6. The third-order valence-electron chi connectivity index (χ3n) is 4.87. The molecule has 0 aromatic carbocycles. The van der Waals surface area contributed by atoms with E-state index in [2.05, 4.69) is 10.6 Å². The van der Waals surface area contributed by atoms with Gasteiger partial charge >= 0.3 is 0 Å². The summed E-state index contributed by atoms with van der Waals surface area (Å²) >= 11 is 0. The highest BCUT2D eigenvalue weighted by Crippen LogP contribution is 2.41. The normalized spacial score (nSPS) is 37.3.